The Balaban J connectivity index is 2.90. The van der Waals surface area contributed by atoms with Crippen LogP contribution in [0.1, 0.15) is 5.56 Å². The van der Waals surface area contributed by atoms with Crippen LogP contribution in [0.4, 0.5) is 13.2 Å². The van der Waals surface area contributed by atoms with E-state index in [0.717, 1.165) is 18.2 Å². The van der Waals surface area contributed by atoms with E-state index in [0.29, 0.717) is 10.0 Å². The Morgan fingerprint density at radius 1 is 1.41 bits per heavy atom. The number of hydrogen-bond acceptors (Lipinski definition) is 2. The van der Waals surface area contributed by atoms with Crippen molar-refractivity contribution >= 4 is 28.0 Å². The highest BCUT2D eigenvalue weighted by Gasteiger charge is 2.31. The second-order valence-corrected chi connectivity index (χ2v) is 3.76. The first kappa shape index (κ1) is 13.6. The molecule has 1 rings (SSSR count). The molecule has 0 aliphatic heterocycles. The largest absolute Gasteiger partial charge is 0.573 e. The number of carboxylic acids is 1. The van der Waals surface area contributed by atoms with E-state index in [2.05, 4.69) is 20.7 Å². The van der Waals surface area contributed by atoms with Crippen LogP contribution in [0.5, 0.6) is 5.75 Å². The molecule has 0 unspecified atom stereocenters. The summed E-state index contributed by atoms with van der Waals surface area (Å²) in [5.41, 5.74) is 0.432. The van der Waals surface area contributed by atoms with Crippen LogP contribution in [0, 0.1) is 0 Å². The maximum Gasteiger partial charge on any atom is 0.573 e. The Hall–Kier alpha value is -1.50. The number of rotatable bonds is 3. The summed E-state index contributed by atoms with van der Waals surface area (Å²) in [6.45, 7) is 0. The van der Waals surface area contributed by atoms with E-state index in [4.69, 9.17) is 5.11 Å². The first-order chi connectivity index (χ1) is 7.78. The lowest BCUT2D eigenvalue weighted by atomic mass is 10.2. The molecular weight excluding hydrogens is 305 g/mol. The summed E-state index contributed by atoms with van der Waals surface area (Å²) in [5.74, 6) is -1.52. The fraction of sp³-hybridized carbons (Fsp3) is 0.100. The van der Waals surface area contributed by atoms with Crippen LogP contribution in [0.2, 0.25) is 0 Å². The molecule has 3 nitrogen and oxygen atoms in total. The van der Waals surface area contributed by atoms with E-state index in [-0.39, 0.29) is 5.75 Å². The Labute approximate surface area is 103 Å². The summed E-state index contributed by atoms with van der Waals surface area (Å²) in [6, 6.07) is 3.51. The maximum absolute atomic E-state index is 11.9. The van der Waals surface area contributed by atoms with Crippen molar-refractivity contribution in [3.63, 3.8) is 0 Å². The van der Waals surface area contributed by atoms with Gasteiger partial charge >= 0.3 is 12.3 Å². The van der Waals surface area contributed by atoms with Gasteiger partial charge in [0.1, 0.15) is 5.75 Å². The van der Waals surface area contributed by atoms with Crippen LogP contribution < -0.4 is 4.74 Å². The summed E-state index contributed by atoms with van der Waals surface area (Å²) in [5, 5.41) is 8.40. The van der Waals surface area contributed by atoms with Crippen molar-refractivity contribution in [3.8, 4) is 5.75 Å². The molecule has 0 atom stereocenters. The van der Waals surface area contributed by atoms with E-state index in [9.17, 15) is 18.0 Å². The molecule has 0 heterocycles. The third-order valence-corrected chi connectivity index (χ3v) is 2.30. The van der Waals surface area contributed by atoms with Crippen molar-refractivity contribution in [2.45, 2.75) is 6.36 Å². The summed E-state index contributed by atoms with van der Waals surface area (Å²) < 4.78 is 39.7. The molecule has 92 valence electrons. The lowest BCUT2D eigenvalue weighted by Gasteiger charge is -2.09. The van der Waals surface area contributed by atoms with Gasteiger partial charge < -0.3 is 9.84 Å². The van der Waals surface area contributed by atoms with E-state index in [1.807, 2.05) is 0 Å². The van der Waals surface area contributed by atoms with Gasteiger partial charge in [-0.2, -0.15) is 0 Å². The topological polar surface area (TPSA) is 46.5 Å². The first-order valence-corrected chi connectivity index (χ1v) is 5.03. The fourth-order valence-electron chi connectivity index (χ4n) is 1.00. The zero-order chi connectivity index (χ0) is 13.1. The minimum atomic E-state index is -4.75. The number of carboxylic acid groups (broad SMARTS) is 1. The number of aliphatic carboxylic acids is 1. The molecule has 7 heteroatoms. The van der Waals surface area contributed by atoms with Crippen molar-refractivity contribution in [1.82, 2.24) is 0 Å². The lowest BCUT2D eigenvalue weighted by Crippen LogP contribution is -2.17. The smallest absolute Gasteiger partial charge is 0.478 e. The van der Waals surface area contributed by atoms with Gasteiger partial charge in [0.15, 0.2) is 0 Å². The molecule has 0 radical (unpaired) electrons. The Morgan fingerprint density at radius 3 is 2.53 bits per heavy atom. The van der Waals surface area contributed by atoms with Gasteiger partial charge in [0.25, 0.3) is 0 Å². The molecule has 1 N–H and O–H groups in total. The second kappa shape index (κ2) is 5.22. The van der Waals surface area contributed by atoms with Crippen LogP contribution >= 0.6 is 15.9 Å². The average Bonchev–Trinajstić information content (AvgIpc) is 2.13. The number of benzene rings is 1. The standard InChI is InChI=1S/C10H6BrF3O3/c11-8-5-7(17-10(12,13)14)3-1-6(8)2-4-9(15)16/h1-5H,(H,15,16). The molecule has 17 heavy (non-hydrogen) atoms. The van der Waals surface area contributed by atoms with Gasteiger partial charge in [-0.05, 0) is 23.8 Å². The predicted molar refractivity (Wildman–Crippen MR) is 57.5 cm³/mol. The highest BCUT2D eigenvalue weighted by atomic mass is 79.9. The SMILES string of the molecule is O=C(O)C=Cc1ccc(OC(F)(F)F)cc1Br. The molecule has 0 saturated carbocycles. The zero-order valence-electron chi connectivity index (χ0n) is 8.16. The Kier molecular flexibility index (Phi) is 4.17. The summed E-state index contributed by atoms with van der Waals surface area (Å²) in [4.78, 5) is 10.3. The molecule has 0 spiro atoms. The molecule has 0 bridgehead atoms. The number of carbonyl (C=O) groups is 1. The van der Waals surface area contributed by atoms with Crippen molar-refractivity contribution in [3.05, 3.63) is 34.3 Å². The van der Waals surface area contributed by atoms with Crippen molar-refractivity contribution < 1.29 is 27.8 Å². The molecule has 0 amide bonds. The molecule has 0 aromatic heterocycles. The van der Waals surface area contributed by atoms with Crippen LogP contribution in [0.3, 0.4) is 0 Å². The first-order valence-electron chi connectivity index (χ1n) is 4.24. The Bertz CT molecular complexity index is 455. The average molecular weight is 311 g/mol. The predicted octanol–water partition coefficient (Wildman–Crippen LogP) is 3.45. The Morgan fingerprint density at radius 2 is 2.06 bits per heavy atom. The third-order valence-electron chi connectivity index (χ3n) is 1.61. The third kappa shape index (κ3) is 4.90. The van der Waals surface area contributed by atoms with E-state index < -0.39 is 12.3 Å². The second-order valence-electron chi connectivity index (χ2n) is 2.90. The van der Waals surface area contributed by atoms with E-state index in [1.165, 1.54) is 12.1 Å². The molecular formula is C10H6BrF3O3. The van der Waals surface area contributed by atoms with E-state index in [1.54, 1.807) is 0 Å². The molecule has 1 aromatic carbocycles. The van der Waals surface area contributed by atoms with Crippen molar-refractivity contribution in [2.75, 3.05) is 0 Å². The van der Waals surface area contributed by atoms with Crippen LogP contribution in [0.15, 0.2) is 28.7 Å². The summed E-state index contributed by atoms with van der Waals surface area (Å²) in [7, 11) is 0. The lowest BCUT2D eigenvalue weighted by molar-refractivity contribution is -0.274. The quantitative estimate of drug-likeness (QED) is 0.870. The summed E-state index contributed by atoms with van der Waals surface area (Å²) >= 11 is 3.01. The maximum atomic E-state index is 11.9. The van der Waals surface area contributed by atoms with Gasteiger partial charge in [0.2, 0.25) is 0 Å². The van der Waals surface area contributed by atoms with Crippen molar-refractivity contribution in [2.24, 2.45) is 0 Å². The highest BCUT2D eigenvalue weighted by Crippen LogP contribution is 2.28. The van der Waals surface area contributed by atoms with Gasteiger partial charge in [-0.3, -0.25) is 0 Å². The van der Waals surface area contributed by atoms with Gasteiger partial charge in [0.05, 0.1) is 0 Å². The van der Waals surface area contributed by atoms with Crippen LogP contribution in [-0.4, -0.2) is 17.4 Å². The minimum Gasteiger partial charge on any atom is -0.478 e. The normalized spacial score (nSPS) is 11.8. The van der Waals surface area contributed by atoms with Crippen molar-refractivity contribution in [1.29, 1.82) is 0 Å². The zero-order valence-corrected chi connectivity index (χ0v) is 9.75. The number of halogens is 4. The highest BCUT2D eigenvalue weighted by molar-refractivity contribution is 9.10. The molecule has 0 aliphatic carbocycles. The van der Waals surface area contributed by atoms with Gasteiger partial charge in [-0.1, -0.05) is 22.0 Å². The molecule has 1 aromatic rings. The molecule has 0 aliphatic rings. The van der Waals surface area contributed by atoms with Crippen LogP contribution in [0.25, 0.3) is 6.08 Å². The van der Waals surface area contributed by atoms with E-state index >= 15 is 0 Å². The number of ether oxygens (including phenoxy) is 1. The molecule has 0 fully saturated rings. The summed E-state index contributed by atoms with van der Waals surface area (Å²) in [6.07, 6.45) is -2.62. The van der Waals surface area contributed by atoms with Gasteiger partial charge in [0, 0.05) is 10.5 Å². The number of hydrogen-bond donors (Lipinski definition) is 1. The van der Waals surface area contributed by atoms with Crippen LogP contribution in [-0.2, 0) is 4.79 Å². The fourth-order valence-corrected chi connectivity index (χ4v) is 1.49. The van der Waals surface area contributed by atoms with Gasteiger partial charge in [-0.15, -0.1) is 13.2 Å². The molecule has 0 saturated heterocycles. The number of alkyl halides is 3. The minimum absolute atomic E-state index is 0.303. The van der Waals surface area contributed by atoms with Gasteiger partial charge in [-0.25, -0.2) is 4.79 Å². The monoisotopic (exact) mass is 310 g/mol.